The highest BCUT2D eigenvalue weighted by atomic mass is 15.0. The van der Waals surface area contributed by atoms with Crippen LogP contribution in [0, 0.1) is 19.8 Å². The fraction of sp³-hybridized carbons (Fsp3) is 0.259. The molecule has 4 nitrogen and oxygen atoms in total. The molecule has 0 saturated heterocycles. The van der Waals surface area contributed by atoms with Gasteiger partial charge in [0.1, 0.15) is 12.1 Å². The van der Waals surface area contributed by atoms with Crippen molar-refractivity contribution in [3.8, 4) is 0 Å². The van der Waals surface area contributed by atoms with E-state index in [1.807, 2.05) is 0 Å². The van der Waals surface area contributed by atoms with Crippen molar-refractivity contribution in [3.63, 3.8) is 0 Å². The minimum Gasteiger partial charge on any atom is -0.340 e. The van der Waals surface area contributed by atoms with Crippen LogP contribution in [0.25, 0.3) is 10.9 Å². The molecule has 4 heteroatoms. The number of fused-ring (bicyclic) bond motifs is 1. The molecule has 0 aliphatic heterocycles. The molecular weight excluding hydrogens is 380 g/mol. The minimum atomic E-state index is 0.170. The zero-order valence-electron chi connectivity index (χ0n) is 18.7. The first-order valence-corrected chi connectivity index (χ1v) is 10.9. The highest BCUT2D eigenvalue weighted by molar-refractivity contribution is 5.91. The van der Waals surface area contributed by atoms with Crippen LogP contribution in [0.15, 0.2) is 73.1 Å². The zero-order valence-corrected chi connectivity index (χ0v) is 18.7. The first kappa shape index (κ1) is 21.0. The summed E-state index contributed by atoms with van der Waals surface area (Å²) in [4.78, 5) is 8.92. The van der Waals surface area contributed by atoms with Crippen molar-refractivity contribution < 1.29 is 0 Å². The van der Waals surface area contributed by atoms with Gasteiger partial charge in [-0.2, -0.15) is 0 Å². The molecule has 4 aromatic rings. The lowest BCUT2D eigenvalue weighted by molar-refractivity contribution is 0.513. The Morgan fingerprint density at radius 2 is 1.48 bits per heavy atom. The van der Waals surface area contributed by atoms with Gasteiger partial charge < -0.3 is 10.6 Å². The van der Waals surface area contributed by atoms with E-state index in [2.05, 4.69) is 115 Å². The Kier molecular flexibility index (Phi) is 6.28. The van der Waals surface area contributed by atoms with Crippen molar-refractivity contribution in [1.82, 2.24) is 15.3 Å². The van der Waals surface area contributed by atoms with Gasteiger partial charge in [-0.1, -0.05) is 56.3 Å². The Morgan fingerprint density at radius 3 is 2.19 bits per heavy atom. The summed E-state index contributed by atoms with van der Waals surface area (Å²) in [5.41, 5.74) is 6.97. The van der Waals surface area contributed by atoms with Gasteiger partial charge in [0.15, 0.2) is 0 Å². The third-order valence-corrected chi connectivity index (χ3v) is 5.62. The number of benzene rings is 3. The molecular formula is C27H30N4. The molecule has 31 heavy (non-hydrogen) atoms. The van der Waals surface area contributed by atoms with Crippen LogP contribution < -0.4 is 10.6 Å². The molecule has 1 heterocycles. The smallest absolute Gasteiger partial charge is 0.141 e. The lowest BCUT2D eigenvalue weighted by Crippen LogP contribution is -2.26. The molecule has 3 aromatic carbocycles. The summed E-state index contributed by atoms with van der Waals surface area (Å²) in [6.07, 6.45) is 1.62. The second-order valence-corrected chi connectivity index (χ2v) is 8.57. The lowest BCUT2D eigenvalue weighted by Gasteiger charge is -2.21. The van der Waals surface area contributed by atoms with Gasteiger partial charge in [-0.15, -0.1) is 0 Å². The highest BCUT2D eigenvalue weighted by Crippen LogP contribution is 2.28. The van der Waals surface area contributed by atoms with Crippen LogP contribution in [-0.4, -0.2) is 16.5 Å². The van der Waals surface area contributed by atoms with E-state index in [9.17, 15) is 0 Å². The first-order valence-electron chi connectivity index (χ1n) is 10.9. The molecule has 0 fully saturated rings. The van der Waals surface area contributed by atoms with Gasteiger partial charge in [-0.25, -0.2) is 9.97 Å². The predicted molar refractivity (Wildman–Crippen MR) is 130 cm³/mol. The Bertz CT molecular complexity index is 1150. The van der Waals surface area contributed by atoms with Crippen molar-refractivity contribution in [1.29, 1.82) is 0 Å². The second-order valence-electron chi connectivity index (χ2n) is 8.57. The van der Waals surface area contributed by atoms with Crippen molar-refractivity contribution >= 4 is 22.4 Å². The summed E-state index contributed by atoms with van der Waals surface area (Å²) in [6, 6.07) is 23.7. The molecule has 158 valence electrons. The number of rotatable bonds is 7. The maximum Gasteiger partial charge on any atom is 0.141 e. The van der Waals surface area contributed by atoms with Crippen molar-refractivity contribution in [2.24, 2.45) is 5.92 Å². The topological polar surface area (TPSA) is 49.8 Å². The van der Waals surface area contributed by atoms with E-state index in [0.29, 0.717) is 5.92 Å². The average molecular weight is 411 g/mol. The van der Waals surface area contributed by atoms with E-state index in [1.165, 1.54) is 22.3 Å². The van der Waals surface area contributed by atoms with E-state index < -0.39 is 0 Å². The molecule has 0 aliphatic rings. The number of nitrogens with zero attached hydrogens (tertiary/aromatic N) is 2. The maximum absolute atomic E-state index is 4.49. The van der Waals surface area contributed by atoms with Gasteiger partial charge in [0, 0.05) is 11.1 Å². The van der Waals surface area contributed by atoms with Crippen LogP contribution in [0.5, 0.6) is 0 Å². The SMILES string of the molecule is Cc1cc2ncnc(Nc3ccc([C@H](NCC(C)C)c4ccccc4)cc3)c2cc1C. The van der Waals surface area contributed by atoms with Gasteiger partial charge >= 0.3 is 0 Å². The summed E-state index contributed by atoms with van der Waals surface area (Å²) in [7, 11) is 0. The Morgan fingerprint density at radius 1 is 0.806 bits per heavy atom. The highest BCUT2D eigenvalue weighted by Gasteiger charge is 2.14. The summed E-state index contributed by atoms with van der Waals surface area (Å²) in [6.45, 7) is 9.66. The standard InChI is InChI=1S/C27H30N4/c1-18(2)16-28-26(21-8-6-5-7-9-21)22-10-12-23(13-11-22)31-27-24-14-19(3)20(4)15-25(24)29-17-30-27/h5-15,17-18,26,28H,16H2,1-4H3,(H,29,30,31)/t26-/m1/s1. The van der Waals surface area contributed by atoms with E-state index in [0.717, 1.165) is 29.0 Å². The van der Waals surface area contributed by atoms with Crippen LogP contribution in [0.2, 0.25) is 0 Å². The molecule has 0 spiro atoms. The quantitative estimate of drug-likeness (QED) is 0.374. The molecule has 4 rings (SSSR count). The molecule has 1 atom stereocenters. The summed E-state index contributed by atoms with van der Waals surface area (Å²) >= 11 is 0. The summed E-state index contributed by atoms with van der Waals surface area (Å²) in [5.74, 6) is 1.42. The third kappa shape index (κ3) is 4.92. The maximum atomic E-state index is 4.49. The van der Waals surface area contributed by atoms with Gasteiger partial charge in [0.25, 0.3) is 0 Å². The number of hydrogen-bond donors (Lipinski definition) is 2. The van der Waals surface area contributed by atoms with Crippen LogP contribution in [0.1, 0.15) is 42.1 Å². The number of anilines is 2. The Balaban J connectivity index is 1.60. The predicted octanol–water partition coefficient (Wildman–Crippen LogP) is 6.33. The van der Waals surface area contributed by atoms with Crippen LogP contribution >= 0.6 is 0 Å². The molecule has 2 N–H and O–H groups in total. The monoisotopic (exact) mass is 410 g/mol. The van der Waals surface area contributed by atoms with Crippen LogP contribution in [0.4, 0.5) is 11.5 Å². The van der Waals surface area contributed by atoms with Crippen molar-refractivity contribution in [2.75, 3.05) is 11.9 Å². The van der Waals surface area contributed by atoms with E-state index in [1.54, 1.807) is 6.33 Å². The average Bonchev–Trinajstić information content (AvgIpc) is 2.77. The Hall–Kier alpha value is -3.24. The number of aromatic nitrogens is 2. The van der Waals surface area contributed by atoms with Gasteiger partial charge in [-0.3, -0.25) is 0 Å². The van der Waals surface area contributed by atoms with Gasteiger partial charge in [0.05, 0.1) is 11.6 Å². The fourth-order valence-corrected chi connectivity index (χ4v) is 3.74. The van der Waals surface area contributed by atoms with Gasteiger partial charge in [0.2, 0.25) is 0 Å². The molecule has 0 radical (unpaired) electrons. The second kappa shape index (κ2) is 9.27. The molecule has 0 amide bonds. The number of nitrogens with one attached hydrogen (secondary N) is 2. The normalized spacial score (nSPS) is 12.3. The number of aryl methyl sites for hydroxylation is 2. The zero-order chi connectivity index (χ0) is 21.8. The molecule has 0 saturated carbocycles. The minimum absolute atomic E-state index is 0.170. The summed E-state index contributed by atoms with van der Waals surface area (Å²) < 4.78 is 0. The van der Waals surface area contributed by atoms with E-state index in [4.69, 9.17) is 0 Å². The Labute approximate surface area is 184 Å². The first-order chi connectivity index (χ1) is 15.0. The number of hydrogen-bond acceptors (Lipinski definition) is 4. The molecule has 0 aliphatic carbocycles. The van der Waals surface area contributed by atoms with Gasteiger partial charge in [-0.05, 0) is 72.8 Å². The fourth-order valence-electron chi connectivity index (χ4n) is 3.74. The third-order valence-electron chi connectivity index (χ3n) is 5.62. The summed E-state index contributed by atoms with van der Waals surface area (Å²) in [5, 5.41) is 8.23. The largest absolute Gasteiger partial charge is 0.340 e. The van der Waals surface area contributed by atoms with E-state index in [-0.39, 0.29) is 6.04 Å². The molecule has 0 bridgehead atoms. The molecule has 0 unspecified atom stereocenters. The molecule has 1 aromatic heterocycles. The van der Waals surface area contributed by atoms with Crippen molar-refractivity contribution in [3.05, 3.63) is 95.3 Å². The van der Waals surface area contributed by atoms with Crippen LogP contribution in [-0.2, 0) is 0 Å². The van der Waals surface area contributed by atoms with Crippen LogP contribution in [0.3, 0.4) is 0 Å². The van der Waals surface area contributed by atoms with E-state index >= 15 is 0 Å². The lowest BCUT2D eigenvalue weighted by atomic mass is 9.98. The van der Waals surface area contributed by atoms with Crippen molar-refractivity contribution in [2.45, 2.75) is 33.7 Å².